The van der Waals surface area contributed by atoms with E-state index in [9.17, 15) is 4.79 Å². The lowest BCUT2D eigenvalue weighted by molar-refractivity contribution is -0.136. The number of nitrogens with zero attached hydrogens (tertiary/aromatic N) is 5. The summed E-state index contributed by atoms with van der Waals surface area (Å²) in [5.41, 5.74) is 1.28. The monoisotopic (exact) mass is 457 g/mol. The zero-order chi connectivity index (χ0) is 21.4. The maximum Gasteiger partial charge on any atom is 0.236 e. The Bertz CT molecular complexity index is 1070. The lowest BCUT2D eigenvalue weighted by Crippen LogP contribution is -2.51. The maximum absolute atomic E-state index is 12.6. The number of hydrogen-bond acceptors (Lipinski definition) is 8. The Morgan fingerprint density at radius 2 is 1.87 bits per heavy atom. The summed E-state index contributed by atoms with van der Waals surface area (Å²) in [5.74, 6) is 2.06. The van der Waals surface area contributed by atoms with Gasteiger partial charge in [0.25, 0.3) is 0 Å². The normalized spacial score (nSPS) is 18.1. The van der Waals surface area contributed by atoms with Gasteiger partial charge < -0.3 is 14.5 Å². The van der Waals surface area contributed by atoms with Crippen LogP contribution in [0.3, 0.4) is 0 Å². The van der Waals surface area contributed by atoms with E-state index < -0.39 is 0 Å². The van der Waals surface area contributed by atoms with Crippen LogP contribution in [0.4, 0.5) is 5.82 Å². The van der Waals surface area contributed by atoms with E-state index in [4.69, 9.17) is 14.7 Å². The molecule has 0 unspecified atom stereocenters. The second-order valence-corrected chi connectivity index (χ2v) is 10.2. The van der Waals surface area contributed by atoms with Gasteiger partial charge in [0.05, 0.1) is 30.0 Å². The third-order valence-corrected chi connectivity index (χ3v) is 8.11. The summed E-state index contributed by atoms with van der Waals surface area (Å²) in [5, 5.41) is 3.25. The Kier molecular flexibility index (Phi) is 5.92. The molecular weight excluding hydrogens is 430 g/mol. The molecule has 164 valence electrons. The van der Waals surface area contributed by atoms with E-state index >= 15 is 0 Å². The highest BCUT2D eigenvalue weighted by atomic mass is 32.1. The highest BCUT2D eigenvalue weighted by molar-refractivity contribution is 7.19. The number of carbonyl (C=O) groups excluding carboxylic acids is 1. The number of fused-ring (bicyclic) bond motifs is 1. The largest absolute Gasteiger partial charge is 0.378 e. The van der Waals surface area contributed by atoms with Crippen LogP contribution in [0.25, 0.3) is 20.9 Å². The Morgan fingerprint density at radius 3 is 2.58 bits per heavy atom. The molecule has 1 amide bonds. The van der Waals surface area contributed by atoms with Crippen molar-refractivity contribution in [1.82, 2.24) is 19.8 Å². The van der Waals surface area contributed by atoms with Crippen LogP contribution in [0.2, 0.25) is 0 Å². The Labute approximate surface area is 190 Å². The number of ether oxygens (including phenoxy) is 1. The number of rotatable bonds is 4. The van der Waals surface area contributed by atoms with Crippen molar-refractivity contribution >= 4 is 44.6 Å². The first-order valence-electron chi connectivity index (χ1n) is 10.7. The van der Waals surface area contributed by atoms with Gasteiger partial charge in [-0.3, -0.25) is 9.69 Å². The molecule has 0 bridgehead atoms. The molecule has 31 heavy (non-hydrogen) atoms. The van der Waals surface area contributed by atoms with Crippen LogP contribution in [0.5, 0.6) is 0 Å². The van der Waals surface area contributed by atoms with Gasteiger partial charge in [-0.15, -0.1) is 22.7 Å². The van der Waals surface area contributed by atoms with Gasteiger partial charge in [-0.25, -0.2) is 9.97 Å². The topological polar surface area (TPSA) is 61.8 Å². The lowest BCUT2D eigenvalue weighted by Gasteiger charge is -2.36. The summed E-state index contributed by atoms with van der Waals surface area (Å²) in [4.78, 5) is 32.5. The third-order valence-electron chi connectivity index (χ3n) is 6.15. The van der Waals surface area contributed by atoms with Crippen molar-refractivity contribution in [2.24, 2.45) is 0 Å². The smallest absolute Gasteiger partial charge is 0.236 e. The molecule has 5 heterocycles. The van der Waals surface area contributed by atoms with Crippen LogP contribution in [0.15, 0.2) is 17.5 Å². The Morgan fingerprint density at radius 1 is 1.10 bits per heavy atom. The maximum atomic E-state index is 12.6. The van der Waals surface area contributed by atoms with Crippen molar-refractivity contribution in [3.8, 4) is 10.7 Å². The molecule has 5 rings (SSSR count). The van der Waals surface area contributed by atoms with Crippen molar-refractivity contribution in [3.63, 3.8) is 0 Å². The number of carbonyl (C=O) groups is 1. The van der Waals surface area contributed by atoms with Gasteiger partial charge >= 0.3 is 0 Å². The molecule has 0 aliphatic carbocycles. The number of aryl methyl sites for hydroxylation is 2. The fourth-order valence-electron chi connectivity index (χ4n) is 4.20. The average Bonchev–Trinajstić information content (AvgIpc) is 3.43. The zero-order valence-electron chi connectivity index (χ0n) is 18.0. The minimum absolute atomic E-state index is 0.213. The number of morpholine rings is 1. The van der Waals surface area contributed by atoms with Gasteiger partial charge in [0, 0.05) is 44.1 Å². The zero-order valence-corrected chi connectivity index (χ0v) is 19.6. The number of piperazine rings is 1. The van der Waals surface area contributed by atoms with Crippen LogP contribution in [0.1, 0.15) is 10.4 Å². The van der Waals surface area contributed by atoms with Gasteiger partial charge in [-0.05, 0) is 30.9 Å². The molecule has 0 saturated carbocycles. The molecule has 3 aromatic rings. The van der Waals surface area contributed by atoms with Crippen molar-refractivity contribution in [1.29, 1.82) is 0 Å². The van der Waals surface area contributed by atoms with E-state index in [0.717, 1.165) is 47.5 Å². The average molecular weight is 458 g/mol. The number of anilines is 1. The molecule has 3 aromatic heterocycles. The summed E-state index contributed by atoms with van der Waals surface area (Å²) in [6, 6.07) is 4.13. The molecule has 2 aliphatic heterocycles. The van der Waals surface area contributed by atoms with Gasteiger partial charge in [-0.2, -0.15) is 0 Å². The van der Waals surface area contributed by atoms with Gasteiger partial charge in [0.1, 0.15) is 10.6 Å². The fraction of sp³-hybridized carbons (Fsp3) is 0.500. The van der Waals surface area contributed by atoms with Crippen LogP contribution < -0.4 is 4.90 Å². The minimum atomic E-state index is 0.213. The van der Waals surface area contributed by atoms with Crippen molar-refractivity contribution in [3.05, 3.63) is 28.0 Å². The molecule has 0 atom stereocenters. The summed E-state index contributed by atoms with van der Waals surface area (Å²) in [6.45, 7) is 11.0. The Balaban J connectivity index is 1.35. The van der Waals surface area contributed by atoms with Gasteiger partial charge in [0.2, 0.25) is 5.91 Å². The van der Waals surface area contributed by atoms with Gasteiger partial charge in [0.15, 0.2) is 5.82 Å². The Hall–Kier alpha value is -2.07. The molecule has 0 N–H and O–H groups in total. The second-order valence-electron chi connectivity index (χ2n) is 8.07. The summed E-state index contributed by atoms with van der Waals surface area (Å²) in [7, 11) is 0. The van der Waals surface area contributed by atoms with E-state index in [2.05, 4.69) is 35.1 Å². The SMILES string of the molecule is Cc1sc2nc(-c3cccs3)nc(N3CCN(CC(=O)N4CCOCC4)CC3)c2c1C. The molecule has 9 heteroatoms. The second kappa shape index (κ2) is 8.82. The summed E-state index contributed by atoms with van der Waals surface area (Å²) < 4.78 is 5.36. The van der Waals surface area contributed by atoms with E-state index in [1.807, 2.05) is 11.0 Å². The fourth-order valence-corrected chi connectivity index (χ4v) is 5.88. The standard InChI is InChI=1S/C22H27N5O2S2/c1-15-16(2)31-22-19(15)21(23-20(24-22)17-4-3-13-30-17)27-7-5-25(6-8-27)14-18(28)26-9-11-29-12-10-26/h3-4,13H,5-12,14H2,1-2H3. The van der Waals surface area contributed by atoms with Crippen molar-refractivity contribution in [2.45, 2.75) is 13.8 Å². The van der Waals surface area contributed by atoms with Crippen LogP contribution in [-0.2, 0) is 9.53 Å². The first-order chi connectivity index (χ1) is 15.1. The lowest BCUT2D eigenvalue weighted by atomic mass is 10.2. The van der Waals surface area contributed by atoms with Crippen LogP contribution in [-0.4, -0.2) is 84.7 Å². The molecule has 7 nitrogen and oxygen atoms in total. The first kappa shape index (κ1) is 20.8. The van der Waals surface area contributed by atoms with Crippen molar-refractivity contribution < 1.29 is 9.53 Å². The number of hydrogen-bond donors (Lipinski definition) is 0. The van der Waals surface area contributed by atoms with E-state index in [-0.39, 0.29) is 5.91 Å². The minimum Gasteiger partial charge on any atom is -0.378 e. The van der Waals surface area contributed by atoms with E-state index in [0.29, 0.717) is 32.8 Å². The molecule has 2 aliphatic rings. The number of thiophene rings is 2. The first-order valence-corrected chi connectivity index (χ1v) is 12.4. The molecule has 0 aromatic carbocycles. The molecule has 2 fully saturated rings. The molecule has 0 radical (unpaired) electrons. The van der Waals surface area contributed by atoms with Crippen molar-refractivity contribution in [2.75, 3.05) is 63.9 Å². The molecule has 2 saturated heterocycles. The van der Waals surface area contributed by atoms with Crippen LogP contribution >= 0.6 is 22.7 Å². The molecule has 0 spiro atoms. The molecular formula is C22H27N5O2S2. The van der Waals surface area contributed by atoms with E-state index in [1.54, 1.807) is 22.7 Å². The quantitative estimate of drug-likeness (QED) is 0.600. The van der Waals surface area contributed by atoms with Gasteiger partial charge in [-0.1, -0.05) is 6.07 Å². The summed E-state index contributed by atoms with van der Waals surface area (Å²) in [6.07, 6.45) is 0. The van der Waals surface area contributed by atoms with Crippen LogP contribution in [0, 0.1) is 13.8 Å². The number of amides is 1. The predicted molar refractivity (Wildman–Crippen MR) is 126 cm³/mol. The number of aromatic nitrogens is 2. The highest BCUT2D eigenvalue weighted by Gasteiger charge is 2.26. The predicted octanol–water partition coefficient (Wildman–Crippen LogP) is 3.02. The third kappa shape index (κ3) is 4.19. The van der Waals surface area contributed by atoms with E-state index in [1.165, 1.54) is 15.8 Å². The highest BCUT2D eigenvalue weighted by Crippen LogP contribution is 2.37. The summed E-state index contributed by atoms with van der Waals surface area (Å²) >= 11 is 3.42.